The number of hydrogen-bond acceptors (Lipinski definition) is 5. The maximum absolute atomic E-state index is 14.1. The zero-order chi connectivity index (χ0) is 33.6. The molecule has 2 bridgehead atoms. The highest BCUT2D eigenvalue weighted by Crippen LogP contribution is 2.51. The van der Waals surface area contributed by atoms with E-state index in [1.54, 1.807) is 12.1 Å². The number of hydrogen-bond donors (Lipinski definition) is 1. The van der Waals surface area contributed by atoms with Gasteiger partial charge in [0.15, 0.2) is 0 Å². The van der Waals surface area contributed by atoms with Crippen molar-refractivity contribution in [3.05, 3.63) is 88.9 Å². The smallest absolute Gasteiger partial charge is 0.407 e. The molecule has 0 aromatic heterocycles. The van der Waals surface area contributed by atoms with E-state index in [1.165, 1.54) is 74.9 Å². The third-order valence-electron chi connectivity index (χ3n) is 8.73. The number of nitrogens with zero attached hydrogens (tertiary/aromatic N) is 1. The van der Waals surface area contributed by atoms with E-state index in [1.807, 2.05) is 24.3 Å². The van der Waals surface area contributed by atoms with Crippen molar-refractivity contribution in [2.45, 2.75) is 88.3 Å². The molecule has 1 N–H and O–H groups in total. The molecule has 0 spiro atoms. The van der Waals surface area contributed by atoms with Gasteiger partial charge in [0.25, 0.3) is 0 Å². The summed E-state index contributed by atoms with van der Waals surface area (Å²) in [5.41, 5.74) is 2.64. The van der Waals surface area contributed by atoms with Crippen molar-refractivity contribution in [3.8, 4) is 11.5 Å². The van der Waals surface area contributed by atoms with Crippen molar-refractivity contribution < 1.29 is 36.2 Å². The van der Waals surface area contributed by atoms with E-state index in [-0.39, 0.29) is 22.9 Å². The predicted octanol–water partition coefficient (Wildman–Crippen LogP) is 9.41. The van der Waals surface area contributed by atoms with Gasteiger partial charge in [-0.2, -0.15) is 13.2 Å². The summed E-state index contributed by atoms with van der Waals surface area (Å²) < 4.78 is 82.0. The Labute approximate surface area is 280 Å². The van der Waals surface area contributed by atoms with Crippen LogP contribution in [0, 0.1) is 0 Å². The van der Waals surface area contributed by atoms with Crippen molar-refractivity contribution in [3.63, 3.8) is 0 Å². The van der Waals surface area contributed by atoms with Gasteiger partial charge in [0, 0.05) is 5.02 Å². The van der Waals surface area contributed by atoms with Crippen molar-refractivity contribution in [1.82, 2.24) is 0 Å². The molecule has 1 saturated heterocycles. The molecule has 2 aliphatic heterocycles. The number of benzene rings is 3. The molecule has 0 radical (unpaired) electrons. The van der Waals surface area contributed by atoms with Crippen LogP contribution in [0.3, 0.4) is 0 Å². The van der Waals surface area contributed by atoms with E-state index in [0.29, 0.717) is 22.0 Å². The average Bonchev–Trinajstić information content (AvgIpc) is 3.64. The molecule has 1 fully saturated rings. The normalized spacial score (nSPS) is 19.4. The van der Waals surface area contributed by atoms with Crippen LogP contribution in [0.25, 0.3) is 11.1 Å². The van der Waals surface area contributed by atoms with Gasteiger partial charge < -0.3 is 14.6 Å². The molecule has 6 nitrogen and oxygen atoms in total. The lowest BCUT2D eigenvalue weighted by Crippen LogP contribution is -2.47. The molecule has 0 saturated carbocycles. The van der Waals surface area contributed by atoms with E-state index >= 15 is 0 Å². The highest BCUT2D eigenvalue weighted by molar-refractivity contribution is 7.93. The first-order valence-corrected chi connectivity index (χ1v) is 18.1. The van der Waals surface area contributed by atoms with Crippen LogP contribution in [0.1, 0.15) is 75.8 Å². The Morgan fingerprint density at radius 3 is 2.04 bits per heavy atom. The van der Waals surface area contributed by atoms with Crippen LogP contribution in [0.2, 0.25) is 5.02 Å². The summed E-state index contributed by atoms with van der Waals surface area (Å²) in [5.74, 6) is 0.750. The molecule has 47 heavy (non-hydrogen) atoms. The first kappa shape index (κ1) is 35.1. The predicted molar refractivity (Wildman–Crippen MR) is 180 cm³/mol. The van der Waals surface area contributed by atoms with Gasteiger partial charge in [-0.15, -0.1) is 0 Å². The van der Waals surface area contributed by atoms with E-state index in [9.17, 15) is 26.7 Å². The highest BCUT2D eigenvalue weighted by atomic mass is 35.5. The largest absolute Gasteiger partial charge is 0.508 e. The quantitative estimate of drug-likeness (QED) is 0.152. The van der Waals surface area contributed by atoms with Crippen LogP contribution in [-0.2, 0) is 14.8 Å². The number of rotatable bonds is 16. The second-order valence-corrected chi connectivity index (χ2v) is 14.7. The fourth-order valence-corrected chi connectivity index (χ4v) is 8.55. The Balaban J connectivity index is 1.37. The molecule has 254 valence electrons. The molecule has 3 aromatic rings. The van der Waals surface area contributed by atoms with Gasteiger partial charge in [0.1, 0.15) is 29.4 Å². The van der Waals surface area contributed by atoms with Gasteiger partial charge in [0.2, 0.25) is 10.0 Å². The van der Waals surface area contributed by atoms with Gasteiger partial charge in [-0.05, 0) is 83.6 Å². The number of ether oxygens (including phenoxy) is 2. The second kappa shape index (κ2) is 15.3. The molecule has 5 rings (SSSR count). The summed E-state index contributed by atoms with van der Waals surface area (Å²) >= 11 is 5.94. The summed E-state index contributed by atoms with van der Waals surface area (Å²) in [6, 6.07) is 19.1. The highest BCUT2D eigenvalue weighted by Gasteiger charge is 2.55. The van der Waals surface area contributed by atoms with Crippen LogP contribution in [0.4, 0.5) is 18.9 Å². The van der Waals surface area contributed by atoms with E-state index < -0.39 is 40.2 Å². The third kappa shape index (κ3) is 8.64. The minimum Gasteiger partial charge on any atom is -0.508 e. The molecule has 0 unspecified atom stereocenters. The summed E-state index contributed by atoms with van der Waals surface area (Å²) in [4.78, 5) is 0. The monoisotopic (exact) mass is 691 g/mol. The fraction of sp³-hybridized carbons (Fsp3) is 0.444. The topological polar surface area (TPSA) is 76.1 Å². The number of phenols is 1. The summed E-state index contributed by atoms with van der Waals surface area (Å²) in [5, 5.41) is 8.94. The number of fused-ring (bicyclic) bond motifs is 2. The maximum Gasteiger partial charge on any atom is 0.407 e. The molecular weight excluding hydrogens is 651 g/mol. The molecule has 11 heteroatoms. The standard InChI is InChI=1S/C36H41ClF3NO5S/c1-2-3-4-5-6-7-8-9-22-45-30-20-12-25(13-21-30)33-31-23-32(35(46-31)34(33)26-10-18-29(42)19-11-26)47(43,44)41(24-36(38,39)40)28-16-14-27(37)15-17-28/h10-21,31-32,35,42H,2-9,22-24H2,1H3/t31-,32+,35+/m1/s1. The van der Waals surface area contributed by atoms with E-state index in [0.717, 1.165) is 29.7 Å². The number of alkyl halides is 3. The SMILES string of the molecule is CCCCCCCCCCOc1ccc(C2=C(c3ccc(O)cc3)[C@H]3O[C@@H]2C[C@@H]3S(=O)(=O)N(CC(F)(F)F)c2ccc(Cl)cc2)cc1. The third-order valence-corrected chi connectivity index (χ3v) is 11.1. The molecule has 0 amide bonds. The Morgan fingerprint density at radius 2 is 1.43 bits per heavy atom. The first-order valence-electron chi connectivity index (χ1n) is 16.2. The van der Waals surface area contributed by atoms with Crippen molar-refractivity contribution in [2.24, 2.45) is 0 Å². The summed E-state index contributed by atoms with van der Waals surface area (Å²) in [6.07, 6.45) is 3.18. The van der Waals surface area contributed by atoms with Crippen molar-refractivity contribution >= 4 is 38.5 Å². The number of halogens is 4. The maximum atomic E-state index is 14.1. The molecule has 2 heterocycles. The Morgan fingerprint density at radius 1 is 0.851 bits per heavy atom. The van der Waals surface area contributed by atoms with Gasteiger partial charge in [-0.1, -0.05) is 87.7 Å². The van der Waals surface area contributed by atoms with Gasteiger partial charge in [-0.25, -0.2) is 8.42 Å². The average molecular weight is 692 g/mol. The Bertz CT molecular complexity index is 1610. The Kier molecular flexibility index (Phi) is 11.5. The number of anilines is 1. The lowest BCUT2D eigenvalue weighted by molar-refractivity contribution is -0.117. The number of unbranched alkanes of at least 4 members (excludes halogenated alkanes) is 7. The number of aromatic hydroxyl groups is 1. The van der Waals surface area contributed by atoms with E-state index in [4.69, 9.17) is 21.1 Å². The van der Waals surface area contributed by atoms with Crippen LogP contribution in [-0.4, -0.2) is 50.3 Å². The van der Waals surface area contributed by atoms with Crippen LogP contribution in [0.15, 0.2) is 72.8 Å². The van der Waals surface area contributed by atoms with Crippen molar-refractivity contribution in [1.29, 1.82) is 0 Å². The molecule has 0 aliphatic carbocycles. The van der Waals surface area contributed by atoms with Gasteiger partial charge in [-0.3, -0.25) is 4.31 Å². The number of sulfonamides is 1. The second-order valence-electron chi connectivity index (χ2n) is 12.2. The first-order chi connectivity index (χ1) is 22.5. The van der Waals surface area contributed by atoms with E-state index in [2.05, 4.69) is 6.92 Å². The van der Waals surface area contributed by atoms with Crippen LogP contribution in [0.5, 0.6) is 11.5 Å². The van der Waals surface area contributed by atoms with Gasteiger partial charge in [0.05, 0.1) is 18.4 Å². The fourth-order valence-electron chi connectivity index (χ4n) is 6.42. The van der Waals surface area contributed by atoms with Crippen LogP contribution >= 0.6 is 11.6 Å². The lowest BCUT2D eigenvalue weighted by Gasteiger charge is -2.32. The molecule has 3 aromatic carbocycles. The number of phenolic OH excluding ortho intramolecular Hbond substituents is 1. The molecule has 3 atom stereocenters. The Hall–Kier alpha value is -3.21. The van der Waals surface area contributed by atoms with Crippen LogP contribution < -0.4 is 9.04 Å². The minimum atomic E-state index is -4.79. The summed E-state index contributed by atoms with van der Waals surface area (Å²) in [6.45, 7) is 1.15. The minimum absolute atomic E-state index is 0.0113. The summed E-state index contributed by atoms with van der Waals surface area (Å²) in [7, 11) is -4.57. The zero-order valence-electron chi connectivity index (χ0n) is 26.4. The van der Waals surface area contributed by atoms with Crippen molar-refractivity contribution in [2.75, 3.05) is 17.5 Å². The molecular formula is C36H41ClF3NO5S. The zero-order valence-corrected chi connectivity index (χ0v) is 28.0. The lowest BCUT2D eigenvalue weighted by atomic mass is 9.83. The van der Waals surface area contributed by atoms with Gasteiger partial charge >= 0.3 is 6.18 Å². The molecule has 2 aliphatic rings.